The normalized spacial score (nSPS) is 22.5. The topological polar surface area (TPSA) is 7.94 Å². The molecule has 222 valence electrons. The molecule has 2 aliphatic rings. The van der Waals surface area contributed by atoms with Crippen molar-refractivity contribution in [3.63, 3.8) is 0 Å². The Morgan fingerprint density at radius 2 is 1.68 bits per heavy atom. The maximum Gasteiger partial charge on any atom is 0.182 e. The van der Waals surface area contributed by atoms with E-state index in [9.17, 15) is 0 Å². The average Bonchev–Trinajstić information content (AvgIpc) is 3.42. The van der Waals surface area contributed by atoms with E-state index in [-0.39, 0.29) is 11.0 Å². The van der Waals surface area contributed by atoms with Crippen molar-refractivity contribution in [2.75, 3.05) is 0 Å². The minimum atomic E-state index is -0.119. The van der Waals surface area contributed by atoms with E-state index < -0.39 is 0 Å². The second-order valence-corrected chi connectivity index (χ2v) is 13.0. The molecule has 0 radical (unpaired) electrons. The van der Waals surface area contributed by atoms with Crippen molar-refractivity contribution >= 4 is 28.0 Å². The second kappa shape index (κ2) is 11.1. The number of aryl methyl sites for hydroxylation is 1. The highest BCUT2D eigenvalue weighted by molar-refractivity contribution is 6.11. The number of nitrogens with zero attached hydrogens (tertiary/aromatic N) is 2. The van der Waals surface area contributed by atoms with Gasteiger partial charge in [0.15, 0.2) is 17.8 Å². The summed E-state index contributed by atoms with van der Waals surface area (Å²) < 4.78 is 5.12. The molecule has 2 heteroatoms. The highest BCUT2D eigenvalue weighted by Crippen LogP contribution is 2.54. The first-order valence-electron chi connectivity index (χ1n) is 16.7. The number of para-hydroxylation sites is 1. The molecule has 0 saturated carbocycles. The lowest BCUT2D eigenvalue weighted by molar-refractivity contribution is -0.655. The lowest BCUT2D eigenvalue weighted by Crippen LogP contribution is -2.60. The van der Waals surface area contributed by atoms with Gasteiger partial charge in [0, 0.05) is 41.8 Å². The average molecular weight is 578 g/mol. The number of fused-ring (bicyclic) bond motifs is 6. The highest BCUT2D eigenvalue weighted by Gasteiger charge is 2.59. The Hall–Kier alpha value is -4.17. The SMILES string of the molecule is C=CC1(CC)c2ccc(-c3ccc4c5c(CCCC)cccc5n(-c5ccccc5)c4c3)cc2C2CC=CC=[N+]2C1(C)CC. The molecule has 0 amide bonds. The van der Waals surface area contributed by atoms with Crippen molar-refractivity contribution in [3.05, 3.63) is 126 Å². The molecule has 0 bridgehead atoms. The fourth-order valence-electron chi connectivity index (χ4n) is 8.60. The third kappa shape index (κ3) is 4.03. The number of rotatable bonds is 8. The van der Waals surface area contributed by atoms with Crippen LogP contribution in [0.4, 0.5) is 0 Å². The zero-order valence-electron chi connectivity index (χ0n) is 26.8. The molecule has 2 aliphatic heterocycles. The third-order valence-electron chi connectivity index (χ3n) is 11.1. The van der Waals surface area contributed by atoms with Gasteiger partial charge in [-0.25, -0.2) is 4.58 Å². The van der Waals surface area contributed by atoms with Crippen LogP contribution in [-0.2, 0) is 11.8 Å². The fraction of sp³-hybridized carbons (Fsp3) is 0.310. The van der Waals surface area contributed by atoms with Crippen LogP contribution < -0.4 is 0 Å². The minimum Gasteiger partial charge on any atom is -0.309 e. The number of benzene rings is 4. The molecule has 0 spiro atoms. The zero-order valence-corrected chi connectivity index (χ0v) is 26.8. The molecule has 0 N–H and O–H groups in total. The summed E-state index contributed by atoms with van der Waals surface area (Å²) >= 11 is 0. The zero-order chi connectivity index (χ0) is 30.5. The summed E-state index contributed by atoms with van der Waals surface area (Å²) in [6, 6.07) is 32.5. The van der Waals surface area contributed by atoms with E-state index in [4.69, 9.17) is 0 Å². The van der Waals surface area contributed by atoms with E-state index in [1.165, 1.54) is 68.2 Å². The van der Waals surface area contributed by atoms with E-state index in [0.29, 0.717) is 6.04 Å². The number of hydrogen-bond acceptors (Lipinski definition) is 0. The molecule has 0 aliphatic carbocycles. The molecule has 4 aromatic carbocycles. The van der Waals surface area contributed by atoms with Gasteiger partial charge in [-0.2, -0.15) is 0 Å². The van der Waals surface area contributed by atoms with Gasteiger partial charge in [0.25, 0.3) is 0 Å². The van der Waals surface area contributed by atoms with Crippen molar-refractivity contribution < 1.29 is 4.58 Å². The lowest BCUT2D eigenvalue weighted by atomic mass is 9.58. The molecule has 5 aromatic rings. The van der Waals surface area contributed by atoms with E-state index in [1.807, 2.05) is 0 Å². The van der Waals surface area contributed by atoms with E-state index >= 15 is 0 Å². The molecule has 0 fully saturated rings. The van der Waals surface area contributed by atoms with Crippen molar-refractivity contribution in [1.29, 1.82) is 0 Å². The van der Waals surface area contributed by atoms with Gasteiger partial charge in [-0.15, -0.1) is 6.58 Å². The van der Waals surface area contributed by atoms with Crippen LogP contribution in [0.1, 0.15) is 82.5 Å². The van der Waals surface area contributed by atoms with Gasteiger partial charge in [0.1, 0.15) is 0 Å². The predicted octanol–water partition coefficient (Wildman–Crippen LogP) is 10.9. The molecular weight excluding hydrogens is 532 g/mol. The van der Waals surface area contributed by atoms with Crippen LogP contribution >= 0.6 is 0 Å². The highest BCUT2D eigenvalue weighted by atomic mass is 15.1. The quantitative estimate of drug-likeness (QED) is 0.128. The molecule has 0 saturated heterocycles. The van der Waals surface area contributed by atoms with Crippen LogP contribution in [0.3, 0.4) is 0 Å². The van der Waals surface area contributed by atoms with Crippen LogP contribution in [0.25, 0.3) is 38.6 Å². The van der Waals surface area contributed by atoms with Crippen molar-refractivity contribution in [1.82, 2.24) is 4.57 Å². The van der Waals surface area contributed by atoms with E-state index in [0.717, 1.165) is 25.7 Å². The molecular formula is C42H45N2+. The van der Waals surface area contributed by atoms with Crippen LogP contribution in [0.5, 0.6) is 0 Å². The maximum atomic E-state index is 4.45. The molecule has 44 heavy (non-hydrogen) atoms. The monoisotopic (exact) mass is 577 g/mol. The van der Waals surface area contributed by atoms with Crippen LogP contribution in [0.2, 0.25) is 0 Å². The lowest BCUT2D eigenvalue weighted by Gasteiger charge is -2.50. The Labute approximate surface area is 263 Å². The van der Waals surface area contributed by atoms with Gasteiger partial charge >= 0.3 is 0 Å². The van der Waals surface area contributed by atoms with Gasteiger partial charge in [0.05, 0.1) is 16.4 Å². The summed E-state index contributed by atoms with van der Waals surface area (Å²) in [5.41, 5.74) is 10.5. The Morgan fingerprint density at radius 3 is 2.43 bits per heavy atom. The molecule has 7 rings (SSSR count). The summed E-state index contributed by atoms with van der Waals surface area (Å²) in [7, 11) is 0. The van der Waals surface area contributed by atoms with Crippen molar-refractivity contribution in [2.45, 2.75) is 83.2 Å². The van der Waals surface area contributed by atoms with E-state index in [1.54, 1.807) is 0 Å². The summed E-state index contributed by atoms with van der Waals surface area (Å²) in [5.74, 6) is 0. The first-order chi connectivity index (χ1) is 21.5. The first kappa shape index (κ1) is 28.6. The molecule has 3 unspecified atom stereocenters. The summed E-state index contributed by atoms with van der Waals surface area (Å²) in [4.78, 5) is 0. The Bertz CT molecular complexity index is 1940. The molecule has 2 nitrogen and oxygen atoms in total. The summed E-state index contributed by atoms with van der Waals surface area (Å²) in [6.07, 6.45) is 15.8. The molecule has 1 aromatic heterocycles. The van der Waals surface area contributed by atoms with Crippen LogP contribution in [0, 0.1) is 0 Å². The van der Waals surface area contributed by atoms with Crippen LogP contribution in [-0.4, -0.2) is 20.9 Å². The molecule has 3 atom stereocenters. The number of aromatic nitrogens is 1. The minimum absolute atomic E-state index is 0.0293. The third-order valence-corrected chi connectivity index (χ3v) is 11.1. The van der Waals surface area contributed by atoms with Gasteiger partial charge in [-0.1, -0.05) is 93.9 Å². The Morgan fingerprint density at radius 1 is 0.886 bits per heavy atom. The number of allylic oxidation sites excluding steroid dienone is 1. The number of hydrogen-bond donors (Lipinski definition) is 0. The predicted molar refractivity (Wildman–Crippen MR) is 189 cm³/mol. The smallest absolute Gasteiger partial charge is 0.182 e. The van der Waals surface area contributed by atoms with Gasteiger partial charge in [-0.3, -0.25) is 0 Å². The Kier molecular flexibility index (Phi) is 7.20. The fourth-order valence-corrected chi connectivity index (χ4v) is 8.60. The largest absolute Gasteiger partial charge is 0.309 e. The van der Waals surface area contributed by atoms with E-state index in [2.05, 4.69) is 153 Å². The first-order valence-corrected chi connectivity index (χ1v) is 16.7. The van der Waals surface area contributed by atoms with Crippen molar-refractivity contribution in [2.24, 2.45) is 0 Å². The Balaban J connectivity index is 1.45. The summed E-state index contributed by atoms with van der Waals surface area (Å²) in [5, 5.41) is 2.74. The number of unbranched alkanes of at least 4 members (excludes halogenated alkanes) is 1. The standard InChI is InChI=1S/C42H45N2/c1-6-10-17-30-18-16-22-38-40(30)34-25-23-32(29-39(34)44(38)33-19-12-11-13-20-33)31-24-26-36-35(28-31)37-21-14-15-27-43(37)41(5,7-2)42(36,8-3)9-4/h8,11-16,18-20,22-29,37H,3,6-7,9-10,17,21H2,1-2,4-5H3/q+1. The van der Waals surface area contributed by atoms with Crippen LogP contribution in [0.15, 0.2) is 110 Å². The second-order valence-electron chi connectivity index (χ2n) is 13.0. The van der Waals surface area contributed by atoms with Gasteiger partial charge < -0.3 is 4.57 Å². The molecule has 3 heterocycles. The van der Waals surface area contributed by atoms with Crippen molar-refractivity contribution in [3.8, 4) is 16.8 Å². The maximum absolute atomic E-state index is 4.45. The van der Waals surface area contributed by atoms with Gasteiger partial charge in [0.2, 0.25) is 0 Å². The van der Waals surface area contributed by atoms with Gasteiger partial charge in [-0.05, 0) is 77.9 Å². The summed E-state index contributed by atoms with van der Waals surface area (Å²) in [6.45, 7) is 13.8.